The number of rotatable bonds is 37. The Bertz CT molecular complexity index is 1110. The Balaban J connectivity index is 4.33. The first-order chi connectivity index (χ1) is 26.0. The zero-order valence-electron chi connectivity index (χ0n) is 35.1. The number of phosphoric ester groups is 1. The van der Waals surface area contributed by atoms with Crippen LogP contribution in [0.15, 0.2) is 72.9 Å². The van der Waals surface area contributed by atoms with Crippen LogP contribution in [0.2, 0.25) is 0 Å². The van der Waals surface area contributed by atoms with Crippen molar-refractivity contribution >= 4 is 13.7 Å². The third-order valence-electron chi connectivity index (χ3n) is 8.92. The lowest BCUT2D eigenvalue weighted by Gasteiger charge is -2.29. The predicted octanol–water partition coefficient (Wildman–Crippen LogP) is 11.0. The quantitative estimate of drug-likeness (QED) is 0.0281. The summed E-state index contributed by atoms with van der Waals surface area (Å²) in [5.74, 6) is -0.216. The van der Waals surface area contributed by atoms with Crippen molar-refractivity contribution in [3.63, 3.8) is 0 Å². The molecule has 0 saturated heterocycles. The molecule has 0 aliphatic heterocycles. The Morgan fingerprint density at radius 3 is 1.65 bits per heavy atom. The van der Waals surface area contributed by atoms with Gasteiger partial charge in [0.1, 0.15) is 13.2 Å². The van der Waals surface area contributed by atoms with Crippen LogP contribution in [0.1, 0.15) is 155 Å². The van der Waals surface area contributed by atoms with Crippen LogP contribution < -0.4 is 10.2 Å². The molecule has 0 rings (SSSR count). The van der Waals surface area contributed by atoms with Crippen molar-refractivity contribution < 1.29 is 32.9 Å². The average Bonchev–Trinajstić information content (AvgIpc) is 3.12. The summed E-state index contributed by atoms with van der Waals surface area (Å²) in [4.78, 5) is 25.2. The van der Waals surface area contributed by atoms with E-state index in [0.29, 0.717) is 17.4 Å². The van der Waals surface area contributed by atoms with Crippen LogP contribution in [0.4, 0.5) is 0 Å². The van der Waals surface area contributed by atoms with E-state index in [9.17, 15) is 19.4 Å². The van der Waals surface area contributed by atoms with Gasteiger partial charge < -0.3 is 28.8 Å². The van der Waals surface area contributed by atoms with Gasteiger partial charge in [-0.3, -0.25) is 9.36 Å². The maximum atomic E-state index is 12.8. The van der Waals surface area contributed by atoms with Gasteiger partial charge >= 0.3 is 0 Å². The lowest BCUT2D eigenvalue weighted by Crippen LogP contribution is -2.45. The van der Waals surface area contributed by atoms with Gasteiger partial charge in [0.25, 0.3) is 7.82 Å². The molecule has 0 aliphatic carbocycles. The number of hydrogen-bond acceptors (Lipinski definition) is 6. The summed E-state index contributed by atoms with van der Waals surface area (Å²) in [5, 5.41) is 13.7. The fourth-order valence-corrected chi connectivity index (χ4v) is 6.25. The van der Waals surface area contributed by atoms with E-state index in [1.54, 1.807) is 6.08 Å². The van der Waals surface area contributed by atoms with Gasteiger partial charge in [0.15, 0.2) is 0 Å². The second kappa shape index (κ2) is 36.6. The third kappa shape index (κ3) is 38.2. The number of carbonyl (C=O) groups excluding carboxylic acids is 1. The number of phosphoric acid groups is 1. The monoisotopic (exact) mass is 777 g/mol. The first kappa shape index (κ1) is 51.9. The van der Waals surface area contributed by atoms with Crippen molar-refractivity contribution in [3.8, 4) is 0 Å². The molecule has 9 heteroatoms. The van der Waals surface area contributed by atoms with Gasteiger partial charge in [-0.05, 0) is 64.2 Å². The average molecular weight is 777 g/mol. The van der Waals surface area contributed by atoms with E-state index >= 15 is 0 Å². The minimum atomic E-state index is -4.59. The Labute approximate surface area is 332 Å². The standard InChI is InChI=1S/C45H81N2O6P/c1-6-8-10-12-14-16-17-18-19-20-21-22-23-24-25-26-27-28-29-31-33-35-37-39-45(49)46-43(42-53-54(50,51)52-41-40-47(3,4)5)44(48)38-36-34-32-30-15-13-11-9-7-2/h8,10,14,16,18-19,21-22,24-25,36,38,43-44,48H,6-7,9,11-13,15,17,20,23,26-35,37,39-42H2,1-5H3,(H-,46,49,50,51)/b10-8-,16-14-,19-18-,22-21-,25-24-,38-36+. The van der Waals surface area contributed by atoms with Gasteiger partial charge in [0.05, 0.1) is 39.9 Å². The molecule has 54 heavy (non-hydrogen) atoms. The van der Waals surface area contributed by atoms with Crippen LogP contribution in [0, 0.1) is 0 Å². The second-order valence-corrected chi connectivity index (χ2v) is 16.7. The summed E-state index contributed by atoms with van der Waals surface area (Å²) in [7, 11) is 1.24. The minimum Gasteiger partial charge on any atom is -0.756 e. The van der Waals surface area contributed by atoms with Gasteiger partial charge in [-0.15, -0.1) is 0 Å². The molecule has 312 valence electrons. The Morgan fingerprint density at radius 1 is 0.667 bits per heavy atom. The van der Waals surface area contributed by atoms with E-state index < -0.39 is 20.0 Å². The number of allylic oxidation sites excluding steroid dienone is 11. The van der Waals surface area contributed by atoms with E-state index in [-0.39, 0.29) is 19.1 Å². The molecule has 0 fully saturated rings. The number of amides is 1. The van der Waals surface area contributed by atoms with E-state index in [1.165, 1.54) is 51.4 Å². The van der Waals surface area contributed by atoms with Crippen LogP contribution in [0.25, 0.3) is 0 Å². The Kier molecular flexibility index (Phi) is 35.2. The van der Waals surface area contributed by atoms with Crippen LogP contribution in [0.3, 0.4) is 0 Å². The highest BCUT2D eigenvalue weighted by molar-refractivity contribution is 7.45. The van der Waals surface area contributed by atoms with Gasteiger partial charge in [-0.2, -0.15) is 0 Å². The normalized spacial score (nSPS) is 15.2. The number of likely N-dealkylation sites (N-methyl/N-ethyl adjacent to an activating group) is 1. The summed E-state index contributed by atoms with van der Waals surface area (Å²) in [5.41, 5.74) is 0. The number of carbonyl (C=O) groups is 1. The maximum Gasteiger partial charge on any atom is 0.268 e. The zero-order chi connectivity index (χ0) is 40.0. The van der Waals surface area contributed by atoms with Crippen LogP contribution in [0.5, 0.6) is 0 Å². The lowest BCUT2D eigenvalue weighted by molar-refractivity contribution is -0.870. The largest absolute Gasteiger partial charge is 0.756 e. The summed E-state index contributed by atoms with van der Waals surface area (Å²) >= 11 is 0. The summed E-state index contributed by atoms with van der Waals surface area (Å²) < 4.78 is 23.1. The summed E-state index contributed by atoms with van der Waals surface area (Å²) in [6.45, 7) is 4.46. The number of quaternary nitrogens is 1. The summed E-state index contributed by atoms with van der Waals surface area (Å²) in [6, 6.07) is -0.893. The molecule has 0 spiro atoms. The molecule has 8 nitrogen and oxygen atoms in total. The van der Waals surface area contributed by atoms with E-state index in [2.05, 4.69) is 79.9 Å². The number of hydrogen-bond donors (Lipinski definition) is 2. The van der Waals surface area contributed by atoms with Crippen molar-refractivity contribution in [2.75, 3.05) is 40.9 Å². The van der Waals surface area contributed by atoms with Gasteiger partial charge in [0, 0.05) is 6.42 Å². The fraction of sp³-hybridized carbons (Fsp3) is 0.711. The van der Waals surface area contributed by atoms with E-state index in [1.807, 2.05) is 27.2 Å². The molecular formula is C45H81N2O6P. The second-order valence-electron chi connectivity index (χ2n) is 15.3. The molecule has 0 aromatic heterocycles. The zero-order valence-corrected chi connectivity index (χ0v) is 36.0. The van der Waals surface area contributed by atoms with Crippen molar-refractivity contribution in [1.82, 2.24) is 5.32 Å². The third-order valence-corrected chi connectivity index (χ3v) is 9.89. The molecule has 3 atom stereocenters. The molecule has 0 radical (unpaired) electrons. The summed E-state index contributed by atoms with van der Waals surface area (Å²) in [6.07, 6.45) is 48.1. The van der Waals surface area contributed by atoms with Crippen LogP contribution in [-0.2, 0) is 18.4 Å². The van der Waals surface area contributed by atoms with Gasteiger partial charge in [-0.25, -0.2) is 0 Å². The number of nitrogens with zero attached hydrogens (tertiary/aromatic N) is 1. The first-order valence-corrected chi connectivity index (χ1v) is 22.8. The highest BCUT2D eigenvalue weighted by Crippen LogP contribution is 2.38. The molecular weight excluding hydrogens is 695 g/mol. The number of nitrogens with one attached hydrogen (secondary N) is 1. The topological polar surface area (TPSA) is 108 Å². The molecule has 0 aliphatic rings. The van der Waals surface area contributed by atoms with Gasteiger partial charge in [0.2, 0.25) is 5.91 Å². The molecule has 3 unspecified atom stereocenters. The van der Waals surface area contributed by atoms with Gasteiger partial charge in [-0.1, -0.05) is 157 Å². The van der Waals surface area contributed by atoms with Crippen molar-refractivity contribution in [1.29, 1.82) is 0 Å². The van der Waals surface area contributed by atoms with Crippen molar-refractivity contribution in [2.45, 2.75) is 167 Å². The lowest BCUT2D eigenvalue weighted by atomic mass is 10.1. The first-order valence-electron chi connectivity index (χ1n) is 21.3. The molecule has 0 aromatic carbocycles. The number of aliphatic hydroxyl groups excluding tert-OH is 1. The molecule has 2 N–H and O–H groups in total. The Hall–Kier alpha value is -2.06. The highest BCUT2D eigenvalue weighted by Gasteiger charge is 2.23. The molecule has 1 amide bonds. The molecule has 0 saturated carbocycles. The number of unbranched alkanes of at least 4 members (excludes halogenated alkanes) is 14. The molecule has 0 bridgehead atoms. The number of aliphatic hydroxyl groups is 1. The van der Waals surface area contributed by atoms with E-state index in [0.717, 1.165) is 83.5 Å². The van der Waals surface area contributed by atoms with Crippen molar-refractivity contribution in [2.24, 2.45) is 0 Å². The van der Waals surface area contributed by atoms with Crippen LogP contribution in [-0.4, -0.2) is 68.5 Å². The smallest absolute Gasteiger partial charge is 0.268 e. The fourth-order valence-electron chi connectivity index (χ4n) is 5.53. The van der Waals surface area contributed by atoms with E-state index in [4.69, 9.17) is 9.05 Å². The maximum absolute atomic E-state index is 12.8. The van der Waals surface area contributed by atoms with Crippen LogP contribution >= 0.6 is 7.82 Å². The van der Waals surface area contributed by atoms with Crippen molar-refractivity contribution in [3.05, 3.63) is 72.9 Å². The molecule has 0 heterocycles. The minimum absolute atomic E-state index is 0.00743. The Morgan fingerprint density at radius 2 is 1.13 bits per heavy atom. The predicted molar refractivity (Wildman–Crippen MR) is 228 cm³/mol. The SMILES string of the molecule is CC/C=C\C/C=C\C/C=C\C/C=C\C/C=C\CCCCCCCCCC(=O)NC(COP(=O)([O-])OCC[N+](C)(C)C)C(O)/C=C/CCCCCCCCC. The molecule has 0 aromatic rings. The highest BCUT2D eigenvalue weighted by atomic mass is 31.2.